The van der Waals surface area contributed by atoms with Gasteiger partial charge in [0.15, 0.2) is 23.1 Å². The van der Waals surface area contributed by atoms with Crippen LogP contribution in [0.5, 0.6) is 11.5 Å². The molecule has 0 atom stereocenters. The van der Waals surface area contributed by atoms with Crippen LogP contribution in [0, 0.1) is 0 Å². The van der Waals surface area contributed by atoms with E-state index in [4.69, 9.17) is 26.1 Å². The Morgan fingerprint density at radius 2 is 1.76 bits per heavy atom. The van der Waals surface area contributed by atoms with E-state index in [0.29, 0.717) is 33.7 Å². The van der Waals surface area contributed by atoms with Gasteiger partial charge in [-0.1, -0.05) is 23.7 Å². The van der Waals surface area contributed by atoms with Gasteiger partial charge in [0.2, 0.25) is 0 Å². The summed E-state index contributed by atoms with van der Waals surface area (Å²) in [5.74, 6) is 1.53. The summed E-state index contributed by atoms with van der Waals surface area (Å²) in [4.78, 5) is 24.6. The molecule has 1 N–H and O–H groups in total. The van der Waals surface area contributed by atoms with Crippen molar-refractivity contribution in [2.24, 2.45) is 0 Å². The van der Waals surface area contributed by atoms with Gasteiger partial charge in [0.25, 0.3) is 5.91 Å². The third-order valence-corrected chi connectivity index (χ3v) is 5.17. The zero-order valence-electron chi connectivity index (χ0n) is 16.2. The molecule has 8 heteroatoms. The Labute approximate surface area is 173 Å². The number of aromatic nitrogens is 2. The number of rotatable bonds is 5. The first-order valence-corrected chi connectivity index (χ1v) is 9.73. The first-order valence-electron chi connectivity index (χ1n) is 9.35. The number of benzene rings is 2. The highest BCUT2D eigenvalue weighted by atomic mass is 35.5. The molecule has 0 saturated carbocycles. The van der Waals surface area contributed by atoms with E-state index in [0.717, 1.165) is 37.0 Å². The molecule has 3 aromatic rings. The van der Waals surface area contributed by atoms with Gasteiger partial charge in [-0.05, 0) is 37.1 Å². The van der Waals surface area contributed by atoms with E-state index in [-0.39, 0.29) is 5.91 Å². The predicted octanol–water partition coefficient (Wildman–Crippen LogP) is 4.15. The second-order valence-electron chi connectivity index (χ2n) is 6.73. The summed E-state index contributed by atoms with van der Waals surface area (Å²) in [6.07, 6.45) is 2.18. The molecule has 1 fully saturated rings. The summed E-state index contributed by atoms with van der Waals surface area (Å²) in [6.45, 7) is 1.77. The van der Waals surface area contributed by atoms with Crippen LogP contribution in [0.25, 0.3) is 11.0 Å². The number of fused-ring (bicyclic) bond motifs is 1. The van der Waals surface area contributed by atoms with Crippen LogP contribution in [-0.2, 0) is 0 Å². The van der Waals surface area contributed by atoms with E-state index in [1.54, 1.807) is 12.1 Å². The molecule has 150 valence electrons. The first-order chi connectivity index (χ1) is 14.1. The van der Waals surface area contributed by atoms with Gasteiger partial charge < -0.3 is 19.7 Å². The molecule has 7 nitrogen and oxygen atoms in total. The van der Waals surface area contributed by atoms with E-state index in [2.05, 4.69) is 15.2 Å². The third kappa shape index (κ3) is 3.78. The maximum absolute atomic E-state index is 13.0. The zero-order valence-corrected chi connectivity index (χ0v) is 17.0. The predicted molar refractivity (Wildman–Crippen MR) is 113 cm³/mol. The number of carbonyl (C=O) groups is 1. The van der Waals surface area contributed by atoms with Crippen LogP contribution in [0.15, 0.2) is 36.4 Å². The second kappa shape index (κ2) is 8.13. The van der Waals surface area contributed by atoms with Crippen LogP contribution in [0.4, 0.5) is 11.6 Å². The van der Waals surface area contributed by atoms with Crippen molar-refractivity contribution in [1.82, 2.24) is 9.97 Å². The fraction of sp³-hybridized carbons (Fsp3) is 0.286. The van der Waals surface area contributed by atoms with Crippen molar-refractivity contribution < 1.29 is 14.3 Å². The van der Waals surface area contributed by atoms with Crippen LogP contribution in [-0.4, -0.2) is 43.2 Å². The monoisotopic (exact) mass is 412 g/mol. The number of para-hydroxylation sites is 2. The number of carbonyl (C=O) groups excluding carboxylic acids is 1. The molecule has 0 unspecified atom stereocenters. The molecule has 0 spiro atoms. The molecular formula is C21H21ClN4O3. The molecule has 1 aliphatic heterocycles. The van der Waals surface area contributed by atoms with Crippen molar-refractivity contribution in [3.8, 4) is 11.5 Å². The lowest BCUT2D eigenvalue weighted by Crippen LogP contribution is -2.23. The van der Waals surface area contributed by atoms with Gasteiger partial charge in [0.1, 0.15) is 0 Å². The van der Waals surface area contributed by atoms with Gasteiger partial charge >= 0.3 is 0 Å². The summed E-state index contributed by atoms with van der Waals surface area (Å²) >= 11 is 6.25. The highest BCUT2D eigenvalue weighted by molar-refractivity contribution is 6.32. The lowest BCUT2D eigenvalue weighted by molar-refractivity contribution is 0.102. The van der Waals surface area contributed by atoms with E-state index < -0.39 is 0 Å². The molecule has 2 heterocycles. The van der Waals surface area contributed by atoms with Gasteiger partial charge in [0.05, 0.1) is 30.3 Å². The molecule has 2 aromatic carbocycles. The topological polar surface area (TPSA) is 76.6 Å². The van der Waals surface area contributed by atoms with E-state index in [9.17, 15) is 4.79 Å². The fourth-order valence-corrected chi connectivity index (χ4v) is 3.74. The van der Waals surface area contributed by atoms with Gasteiger partial charge in [-0.3, -0.25) is 4.79 Å². The highest BCUT2D eigenvalue weighted by Gasteiger charge is 2.22. The van der Waals surface area contributed by atoms with Crippen molar-refractivity contribution in [1.29, 1.82) is 0 Å². The Morgan fingerprint density at radius 3 is 2.41 bits per heavy atom. The molecule has 0 aliphatic carbocycles. The number of halogens is 1. The van der Waals surface area contributed by atoms with Crippen molar-refractivity contribution >= 4 is 40.2 Å². The molecule has 1 saturated heterocycles. The molecular weight excluding hydrogens is 392 g/mol. The quantitative estimate of drug-likeness (QED) is 0.678. The van der Waals surface area contributed by atoms with E-state index in [1.807, 2.05) is 24.3 Å². The smallest absolute Gasteiger partial charge is 0.257 e. The number of nitrogens with one attached hydrogen (secondary N) is 1. The summed E-state index contributed by atoms with van der Waals surface area (Å²) < 4.78 is 10.5. The van der Waals surface area contributed by atoms with Crippen LogP contribution in [0.2, 0.25) is 5.02 Å². The standard InChI is InChI=1S/C21H21ClN4O3/c1-28-17-12-13(11-14(22)18(17)29-2)21(27)25-19-20(26-9-5-6-10-26)24-16-8-4-3-7-15(16)23-19/h3-4,7-8,11-12H,5-6,9-10H2,1-2H3,(H,23,25,27). The van der Waals surface area contributed by atoms with Crippen molar-refractivity contribution in [2.45, 2.75) is 12.8 Å². The van der Waals surface area contributed by atoms with Crippen LogP contribution in [0.1, 0.15) is 23.2 Å². The number of ether oxygens (including phenoxy) is 2. The summed E-state index contributed by atoms with van der Waals surface area (Å²) in [6, 6.07) is 10.7. The minimum absolute atomic E-state index is 0.293. The minimum atomic E-state index is -0.349. The Morgan fingerprint density at radius 1 is 1.07 bits per heavy atom. The summed E-state index contributed by atoms with van der Waals surface area (Å²) in [5, 5.41) is 3.20. The number of hydrogen-bond donors (Lipinski definition) is 1. The Balaban J connectivity index is 1.72. The van der Waals surface area contributed by atoms with Gasteiger partial charge in [-0.25, -0.2) is 9.97 Å². The lowest BCUT2D eigenvalue weighted by Gasteiger charge is -2.20. The normalized spacial score (nSPS) is 13.6. The minimum Gasteiger partial charge on any atom is -0.493 e. The maximum Gasteiger partial charge on any atom is 0.257 e. The number of methoxy groups -OCH3 is 2. The molecule has 0 bridgehead atoms. The van der Waals surface area contributed by atoms with E-state index in [1.165, 1.54) is 14.2 Å². The Hall–Kier alpha value is -3.06. The maximum atomic E-state index is 13.0. The SMILES string of the molecule is COc1cc(C(=O)Nc2nc3ccccc3nc2N2CCCC2)cc(Cl)c1OC. The molecule has 1 aliphatic rings. The van der Waals surface area contributed by atoms with Crippen LogP contribution in [0.3, 0.4) is 0 Å². The molecule has 4 rings (SSSR count). The summed E-state index contributed by atoms with van der Waals surface area (Å²) in [7, 11) is 2.99. The number of hydrogen-bond acceptors (Lipinski definition) is 6. The average Bonchev–Trinajstić information content (AvgIpc) is 3.27. The zero-order chi connectivity index (χ0) is 20.4. The number of nitrogens with zero attached hydrogens (tertiary/aromatic N) is 3. The molecule has 1 amide bonds. The Bertz CT molecular complexity index is 1070. The van der Waals surface area contributed by atoms with Crippen LogP contribution >= 0.6 is 11.6 Å². The highest BCUT2D eigenvalue weighted by Crippen LogP contribution is 2.36. The van der Waals surface area contributed by atoms with E-state index >= 15 is 0 Å². The fourth-order valence-electron chi connectivity index (χ4n) is 3.45. The van der Waals surface area contributed by atoms with Crippen LogP contribution < -0.4 is 19.7 Å². The number of anilines is 2. The Kier molecular flexibility index (Phi) is 5.40. The van der Waals surface area contributed by atoms with Gasteiger partial charge in [0, 0.05) is 18.7 Å². The first kappa shape index (κ1) is 19.3. The number of amides is 1. The average molecular weight is 413 g/mol. The molecule has 0 radical (unpaired) electrons. The van der Waals surface area contributed by atoms with Crippen molar-refractivity contribution in [3.63, 3.8) is 0 Å². The molecule has 1 aromatic heterocycles. The summed E-state index contributed by atoms with van der Waals surface area (Å²) in [5.41, 5.74) is 1.85. The lowest BCUT2D eigenvalue weighted by atomic mass is 10.2. The van der Waals surface area contributed by atoms with Gasteiger partial charge in [-0.15, -0.1) is 0 Å². The largest absolute Gasteiger partial charge is 0.493 e. The van der Waals surface area contributed by atoms with Crippen molar-refractivity contribution in [2.75, 3.05) is 37.5 Å². The van der Waals surface area contributed by atoms with Crippen molar-refractivity contribution in [3.05, 3.63) is 47.0 Å². The second-order valence-corrected chi connectivity index (χ2v) is 7.13. The van der Waals surface area contributed by atoms with Gasteiger partial charge in [-0.2, -0.15) is 0 Å². The molecule has 29 heavy (non-hydrogen) atoms. The third-order valence-electron chi connectivity index (χ3n) is 4.89.